The van der Waals surface area contributed by atoms with Crippen molar-refractivity contribution in [1.29, 1.82) is 0 Å². The van der Waals surface area contributed by atoms with Crippen LogP contribution in [-0.4, -0.2) is 30.9 Å². The quantitative estimate of drug-likeness (QED) is 0.818. The number of amidine groups is 1. The third-order valence-corrected chi connectivity index (χ3v) is 8.03. The van der Waals surface area contributed by atoms with Crippen LogP contribution in [0.1, 0.15) is 32.8 Å². The minimum Gasteiger partial charge on any atom is -0.399 e. The summed E-state index contributed by atoms with van der Waals surface area (Å²) in [4.78, 5) is 4.24. The van der Waals surface area contributed by atoms with E-state index in [9.17, 15) is 17.2 Å². The minimum atomic E-state index is -4.04. The molecular weight excluding hydrogens is 324 g/mol. The topological polar surface area (TPSA) is 98.5 Å². The molecule has 0 radical (unpaired) electrons. The Bertz CT molecular complexity index is 760. The van der Waals surface area contributed by atoms with Crippen LogP contribution >= 0.6 is 0 Å². The Morgan fingerprint density at radius 3 is 2.48 bits per heavy atom. The van der Waals surface area contributed by atoms with Crippen LogP contribution in [0.25, 0.3) is 0 Å². The lowest BCUT2D eigenvalue weighted by molar-refractivity contribution is 0.376. The van der Waals surface area contributed by atoms with Crippen LogP contribution in [0.15, 0.2) is 23.2 Å². The third kappa shape index (κ3) is 2.22. The molecule has 128 valence electrons. The minimum absolute atomic E-state index is 0.0279. The number of benzene rings is 1. The molecular formula is C15H21F2N3O2S. The van der Waals surface area contributed by atoms with E-state index in [4.69, 9.17) is 11.5 Å². The Morgan fingerprint density at radius 2 is 1.96 bits per heavy atom. The molecule has 0 aromatic heterocycles. The number of nitrogens with zero attached hydrogens (tertiary/aromatic N) is 1. The van der Waals surface area contributed by atoms with Gasteiger partial charge in [0.15, 0.2) is 14.6 Å². The zero-order valence-corrected chi connectivity index (χ0v) is 14.1. The van der Waals surface area contributed by atoms with E-state index in [1.165, 1.54) is 32.9 Å². The maximum atomic E-state index is 14.3. The van der Waals surface area contributed by atoms with Gasteiger partial charge in [0.2, 0.25) is 0 Å². The number of nitrogen functional groups attached to an aromatic ring is 1. The standard InChI is InChI=1S/C15H21F2N3O2S/c1-4-15(8-16)13(19)20-14(3,9(2)23(15,21)22)11-7-10(18)5-6-12(11)17/h5-7,9H,4,8,18H2,1-3H3,(H2,19,20)/t9?,14-,15-/m0/s1. The Morgan fingerprint density at radius 1 is 1.35 bits per heavy atom. The number of hydrogen-bond acceptors (Lipinski definition) is 5. The number of nitrogens with two attached hydrogens (primary N) is 2. The van der Waals surface area contributed by atoms with E-state index in [2.05, 4.69) is 4.99 Å². The third-order valence-electron chi connectivity index (χ3n) is 4.94. The molecule has 0 amide bonds. The average Bonchev–Trinajstić information content (AvgIpc) is 2.49. The lowest BCUT2D eigenvalue weighted by Crippen LogP contribution is -2.62. The molecule has 1 aliphatic heterocycles. The second-order valence-electron chi connectivity index (χ2n) is 6.05. The molecule has 0 saturated heterocycles. The lowest BCUT2D eigenvalue weighted by Gasteiger charge is -2.44. The molecule has 4 N–H and O–H groups in total. The van der Waals surface area contributed by atoms with Gasteiger partial charge in [0.25, 0.3) is 0 Å². The highest BCUT2D eigenvalue weighted by Crippen LogP contribution is 2.44. The fourth-order valence-corrected chi connectivity index (χ4v) is 5.41. The number of hydrogen-bond donors (Lipinski definition) is 2. The van der Waals surface area contributed by atoms with Gasteiger partial charge in [-0.15, -0.1) is 0 Å². The van der Waals surface area contributed by atoms with Crippen LogP contribution in [0.2, 0.25) is 0 Å². The molecule has 1 aromatic rings. The van der Waals surface area contributed by atoms with Crippen molar-refractivity contribution in [2.75, 3.05) is 12.4 Å². The average molecular weight is 345 g/mol. The van der Waals surface area contributed by atoms with Crippen molar-refractivity contribution in [3.05, 3.63) is 29.6 Å². The molecule has 0 saturated carbocycles. The molecule has 0 fully saturated rings. The van der Waals surface area contributed by atoms with E-state index in [1.807, 2.05) is 0 Å². The van der Waals surface area contributed by atoms with Crippen LogP contribution in [0.5, 0.6) is 0 Å². The SMILES string of the molecule is CC[C@]1(CF)C(N)=N[C@](C)(c2cc(N)ccc2F)C(C)S1(=O)=O. The van der Waals surface area contributed by atoms with Gasteiger partial charge >= 0.3 is 0 Å². The van der Waals surface area contributed by atoms with Crippen LogP contribution in [0, 0.1) is 5.82 Å². The zero-order chi connectivity index (χ0) is 17.6. The van der Waals surface area contributed by atoms with Crippen molar-refractivity contribution >= 4 is 21.4 Å². The van der Waals surface area contributed by atoms with E-state index in [0.29, 0.717) is 0 Å². The van der Waals surface area contributed by atoms with Gasteiger partial charge in [-0.05, 0) is 38.5 Å². The first-order valence-electron chi connectivity index (χ1n) is 7.27. The van der Waals surface area contributed by atoms with E-state index in [0.717, 1.165) is 6.07 Å². The summed E-state index contributed by atoms with van der Waals surface area (Å²) in [5.74, 6) is -0.963. The number of sulfone groups is 1. The molecule has 1 aromatic carbocycles. The molecule has 0 aliphatic carbocycles. The van der Waals surface area contributed by atoms with Crippen molar-refractivity contribution in [3.63, 3.8) is 0 Å². The van der Waals surface area contributed by atoms with E-state index in [-0.39, 0.29) is 23.5 Å². The lowest BCUT2D eigenvalue weighted by atomic mass is 9.87. The van der Waals surface area contributed by atoms with Crippen molar-refractivity contribution in [2.24, 2.45) is 10.7 Å². The molecule has 0 spiro atoms. The highest BCUT2D eigenvalue weighted by atomic mass is 32.2. The molecule has 8 heteroatoms. The number of aliphatic imine (C=N–C) groups is 1. The summed E-state index contributed by atoms with van der Waals surface area (Å²) in [6.07, 6.45) is -0.0407. The Labute approximate surface area is 134 Å². The van der Waals surface area contributed by atoms with Crippen molar-refractivity contribution in [3.8, 4) is 0 Å². The number of alkyl halides is 1. The van der Waals surface area contributed by atoms with Gasteiger partial charge in [-0.1, -0.05) is 6.92 Å². The van der Waals surface area contributed by atoms with Gasteiger partial charge in [-0.2, -0.15) is 0 Å². The highest BCUT2D eigenvalue weighted by Gasteiger charge is 2.58. The summed E-state index contributed by atoms with van der Waals surface area (Å²) in [7, 11) is -4.04. The molecule has 23 heavy (non-hydrogen) atoms. The van der Waals surface area contributed by atoms with Gasteiger partial charge < -0.3 is 11.5 Å². The largest absolute Gasteiger partial charge is 0.399 e. The summed E-state index contributed by atoms with van der Waals surface area (Å²) >= 11 is 0. The molecule has 2 rings (SSSR count). The fraction of sp³-hybridized carbons (Fsp3) is 0.533. The predicted molar refractivity (Wildman–Crippen MR) is 87.2 cm³/mol. The Kier molecular flexibility index (Phi) is 4.17. The summed E-state index contributed by atoms with van der Waals surface area (Å²) in [5, 5.41) is -1.16. The molecule has 1 heterocycles. The smallest absolute Gasteiger partial charge is 0.171 e. The summed E-state index contributed by atoms with van der Waals surface area (Å²) in [6, 6.07) is 3.86. The van der Waals surface area contributed by atoms with Crippen LogP contribution in [0.3, 0.4) is 0 Å². The van der Waals surface area contributed by atoms with E-state index in [1.54, 1.807) is 0 Å². The van der Waals surface area contributed by atoms with Gasteiger partial charge in [0, 0.05) is 11.3 Å². The Hall–Kier alpha value is -1.70. The number of halogens is 2. The monoisotopic (exact) mass is 345 g/mol. The van der Waals surface area contributed by atoms with Gasteiger partial charge in [0.1, 0.15) is 23.9 Å². The zero-order valence-electron chi connectivity index (χ0n) is 13.3. The maximum absolute atomic E-state index is 14.3. The maximum Gasteiger partial charge on any atom is 0.171 e. The van der Waals surface area contributed by atoms with Gasteiger partial charge in [-0.25, -0.2) is 17.2 Å². The first kappa shape index (κ1) is 17.7. The molecule has 3 atom stereocenters. The normalized spacial score (nSPS) is 33.3. The molecule has 1 aliphatic rings. The summed E-state index contributed by atoms with van der Waals surface area (Å²) in [6.45, 7) is 3.24. The van der Waals surface area contributed by atoms with Gasteiger partial charge in [-0.3, -0.25) is 4.99 Å². The Balaban J connectivity index is 2.80. The second kappa shape index (κ2) is 5.43. The van der Waals surface area contributed by atoms with Gasteiger partial charge in [0.05, 0.1) is 5.25 Å². The molecule has 5 nitrogen and oxygen atoms in total. The highest BCUT2D eigenvalue weighted by molar-refractivity contribution is 7.94. The van der Waals surface area contributed by atoms with Crippen LogP contribution in [-0.2, 0) is 15.4 Å². The molecule has 0 bridgehead atoms. The van der Waals surface area contributed by atoms with E-state index >= 15 is 0 Å². The molecule has 1 unspecified atom stereocenters. The summed E-state index contributed by atoms with van der Waals surface area (Å²) < 4.78 is 51.9. The summed E-state index contributed by atoms with van der Waals surface area (Å²) in [5.41, 5.74) is 10.4. The first-order chi connectivity index (χ1) is 10.6. The second-order valence-corrected chi connectivity index (χ2v) is 8.63. The number of anilines is 1. The number of rotatable bonds is 3. The van der Waals surface area contributed by atoms with Crippen LogP contribution < -0.4 is 11.5 Å². The van der Waals surface area contributed by atoms with Crippen molar-refractivity contribution in [2.45, 2.75) is 42.7 Å². The predicted octanol–water partition coefficient (Wildman–Crippen LogP) is 1.92. The van der Waals surface area contributed by atoms with Crippen LogP contribution in [0.4, 0.5) is 14.5 Å². The van der Waals surface area contributed by atoms with Crippen molar-refractivity contribution in [1.82, 2.24) is 0 Å². The fourth-order valence-electron chi connectivity index (χ4n) is 3.06. The van der Waals surface area contributed by atoms with E-state index < -0.39 is 37.9 Å². The van der Waals surface area contributed by atoms with Crippen molar-refractivity contribution < 1.29 is 17.2 Å². The first-order valence-corrected chi connectivity index (χ1v) is 8.82.